The lowest BCUT2D eigenvalue weighted by atomic mass is 9.41. The number of hydrogen-bond acceptors (Lipinski definition) is 10. The van der Waals surface area contributed by atoms with Crippen LogP contribution in [-0.2, 0) is 25.5 Å². The van der Waals surface area contributed by atoms with Crippen LogP contribution in [0.3, 0.4) is 0 Å². The Morgan fingerprint density at radius 1 is 1.15 bits per heavy atom. The molecular formula is C31H36O10. The molecule has 0 aromatic heterocycles. The van der Waals surface area contributed by atoms with Crippen molar-refractivity contribution in [1.82, 2.24) is 0 Å². The van der Waals surface area contributed by atoms with Crippen molar-refractivity contribution < 1.29 is 49.4 Å². The Bertz CT molecular complexity index is 1470. The van der Waals surface area contributed by atoms with E-state index in [1.165, 1.54) is 26.0 Å². The van der Waals surface area contributed by atoms with Crippen LogP contribution in [0.15, 0.2) is 47.5 Å². The number of ether oxygens (including phenoxy) is 1. The monoisotopic (exact) mass is 568 g/mol. The van der Waals surface area contributed by atoms with Crippen molar-refractivity contribution in [2.75, 3.05) is 6.61 Å². The number of allylic oxidation sites excluding steroid dienone is 1. The van der Waals surface area contributed by atoms with Gasteiger partial charge in [0.2, 0.25) is 5.78 Å². The minimum absolute atomic E-state index is 0.0491. The van der Waals surface area contributed by atoms with Gasteiger partial charge in [-0.1, -0.05) is 59.4 Å². The highest BCUT2D eigenvalue weighted by Crippen LogP contribution is 2.67. The number of aliphatic hydroxyl groups is 4. The second-order valence-corrected chi connectivity index (χ2v) is 12.0. The first-order valence-electron chi connectivity index (χ1n) is 13.4. The summed E-state index contributed by atoms with van der Waals surface area (Å²) in [5.74, 6) is -8.48. The summed E-state index contributed by atoms with van der Waals surface area (Å²) >= 11 is 0. The van der Waals surface area contributed by atoms with Gasteiger partial charge in [-0.05, 0) is 24.3 Å². The van der Waals surface area contributed by atoms with Crippen molar-refractivity contribution in [3.05, 3.63) is 64.1 Å². The van der Waals surface area contributed by atoms with E-state index in [1.807, 2.05) is 0 Å². The quantitative estimate of drug-likeness (QED) is 0.194. The van der Waals surface area contributed by atoms with E-state index >= 15 is 0 Å². The summed E-state index contributed by atoms with van der Waals surface area (Å²) in [4.78, 5) is 52.6. The molecule has 0 saturated heterocycles. The van der Waals surface area contributed by atoms with E-state index in [1.54, 1.807) is 26.8 Å². The standard InChI is InChI=1S/C31H36O10/c1-8-11-41-18(33)12-16-9-10-17-14(4)29(6)22(25(36)20(17)23(16)34)27(38)31(40)26(37)19(15(5)32)24(35)21(13(2)3)30(31,7)28(29)39/h8-10,13-14,21,28,34-35,38-40H,1,11-12H2,2-7H3/t14-,21?,28-,29+,30+,31+/m1/s1. The van der Waals surface area contributed by atoms with Crippen LogP contribution in [-0.4, -0.2) is 67.2 Å². The summed E-state index contributed by atoms with van der Waals surface area (Å²) in [6.45, 7) is 12.3. The number of esters is 1. The number of phenolic OH excluding ortho intramolecular Hbond substituents is 1. The molecule has 3 aliphatic carbocycles. The van der Waals surface area contributed by atoms with Gasteiger partial charge in [-0.15, -0.1) is 0 Å². The number of fused-ring (bicyclic) bond motifs is 3. The zero-order valence-electron chi connectivity index (χ0n) is 23.9. The van der Waals surface area contributed by atoms with E-state index in [4.69, 9.17) is 4.74 Å². The van der Waals surface area contributed by atoms with Crippen LogP contribution in [0.2, 0.25) is 0 Å². The summed E-state index contributed by atoms with van der Waals surface area (Å²) in [6, 6.07) is 3.01. The number of hydrogen-bond donors (Lipinski definition) is 5. The van der Waals surface area contributed by atoms with Gasteiger partial charge in [0.15, 0.2) is 17.2 Å². The Kier molecular flexibility index (Phi) is 7.12. The molecule has 41 heavy (non-hydrogen) atoms. The number of carbonyl (C=O) groups is 4. The number of benzene rings is 1. The van der Waals surface area contributed by atoms with Crippen LogP contribution in [0.1, 0.15) is 68.9 Å². The molecule has 1 unspecified atom stereocenters. The summed E-state index contributed by atoms with van der Waals surface area (Å²) in [5.41, 5.74) is -7.63. The molecular weight excluding hydrogens is 532 g/mol. The van der Waals surface area contributed by atoms with Crippen molar-refractivity contribution in [1.29, 1.82) is 0 Å². The van der Waals surface area contributed by atoms with Crippen LogP contribution in [0.25, 0.3) is 0 Å². The molecule has 6 atom stereocenters. The first kappa shape index (κ1) is 30.2. The predicted molar refractivity (Wildman–Crippen MR) is 146 cm³/mol. The number of aliphatic hydroxyl groups excluding tert-OH is 3. The fourth-order valence-corrected chi connectivity index (χ4v) is 7.48. The van der Waals surface area contributed by atoms with E-state index in [2.05, 4.69) is 6.58 Å². The number of carbonyl (C=O) groups excluding carboxylic acids is 4. The van der Waals surface area contributed by atoms with E-state index in [9.17, 15) is 44.7 Å². The molecule has 0 amide bonds. The van der Waals surface area contributed by atoms with Crippen molar-refractivity contribution in [3.8, 4) is 5.75 Å². The highest BCUT2D eigenvalue weighted by Gasteiger charge is 2.76. The SMILES string of the molecule is C=CCOC(=O)Cc1ccc2c(c1O)C(=O)C1=C(O)[C@@]3(O)C(=O)C(C(C)=O)=C(O)C(C(C)C)[C@@]3(C)[C@H](O)[C@@]1(C)[C@@H]2C. The smallest absolute Gasteiger partial charge is 0.310 e. The Labute approximate surface area is 237 Å². The first-order chi connectivity index (χ1) is 18.9. The maximum absolute atomic E-state index is 14.1. The predicted octanol–water partition coefficient (Wildman–Crippen LogP) is 3.15. The summed E-state index contributed by atoms with van der Waals surface area (Å²) in [6.07, 6.45) is -0.704. The van der Waals surface area contributed by atoms with Crippen LogP contribution in [0, 0.1) is 22.7 Å². The average Bonchev–Trinajstić information content (AvgIpc) is 2.88. The van der Waals surface area contributed by atoms with E-state index in [0.29, 0.717) is 5.56 Å². The molecule has 1 aromatic carbocycles. The maximum Gasteiger partial charge on any atom is 0.310 e. The fraction of sp³-hybridized carbons (Fsp3) is 0.484. The zero-order chi connectivity index (χ0) is 31.0. The molecule has 1 aromatic rings. The molecule has 0 bridgehead atoms. The number of Topliss-reactive ketones (excluding diaryl/α,β-unsaturated/α-hetero) is 3. The van der Waals surface area contributed by atoms with Gasteiger partial charge < -0.3 is 30.3 Å². The molecule has 0 saturated carbocycles. The highest BCUT2D eigenvalue weighted by atomic mass is 16.5. The fourth-order valence-electron chi connectivity index (χ4n) is 7.48. The van der Waals surface area contributed by atoms with Gasteiger partial charge in [0.25, 0.3) is 0 Å². The molecule has 220 valence electrons. The second-order valence-electron chi connectivity index (χ2n) is 12.0. The highest BCUT2D eigenvalue weighted by molar-refractivity contribution is 6.25. The van der Waals surface area contributed by atoms with E-state index in [-0.39, 0.29) is 24.2 Å². The number of aromatic hydroxyl groups is 1. The van der Waals surface area contributed by atoms with Gasteiger partial charge in [0.1, 0.15) is 29.4 Å². The van der Waals surface area contributed by atoms with E-state index < -0.39 is 92.0 Å². The van der Waals surface area contributed by atoms with Crippen molar-refractivity contribution >= 4 is 23.3 Å². The molecule has 4 rings (SSSR count). The largest absolute Gasteiger partial charge is 0.511 e. The van der Waals surface area contributed by atoms with Gasteiger partial charge in [0, 0.05) is 22.3 Å². The Hall–Kier alpha value is -3.76. The average molecular weight is 569 g/mol. The minimum atomic E-state index is -2.96. The molecule has 5 N–H and O–H groups in total. The Morgan fingerprint density at radius 2 is 1.76 bits per heavy atom. The van der Waals surface area contributed by atoms with Gasteiger partial charge in [-0.25, -0.2) is 0 Å². The maximum atomic E-state index is 14.1. The Balaban J connectivity index is 2.03. The van der Waals surface area contributed by atoms with Gasteiger partial charge in [-0.2, -0.15) is 0 Å². The number of ketones is 3. The lowest BCUT2D eigenvalue weighted by Gasteiger charge is -2.63. The topological polar surface area (TPSA) is 179 Å². The van der Waals surface area contributed by atoms with Gasteiger partial charge >= 0.3 is 5.97 Å². The molecule has 0 spiro atoms. The number of phenols is 1. The molecule has 10 heteroatoms. The Morgan fingerprint density at radius 3 is 2.29 bits per heavy atom. The third-order valence-electron chi connectivity index (χ3n) is 9.62. The number of rotatable bonds is 6. The summed E-state index contributed by atoms with van der Waals surface area (Å²) in [5, 5.41) is 58.4. The van der Waals surface area contributed by atoms with Crippen molar-refractivity contribution in [2.45, 2.75) is 65.6 Å². The molecule has 10 nitrogen and oxygen atoms in total. The van der Waals surface area contributed by atoms with Crippen molar-refractivity contribution in [2.24, 2.45) is 22.7 Å². The van der Waals surface area contributed by atoms with Gasteiger partial charge in [0.05, 0.1) is 23.7 Å². The zero-order valence-corrected chi connectivity index (χ0v) is 23.9. The third kappa shape index (κ3) is 3.63. The minimum Gasteiger partial charge on any atom is -0.511 e. The molecule has 0 aliphatic heterocycles. The van der Waals surface area contributed by atoms with Gasteiger partial charge in [-0.3, -0.25) is 19.2 Å². The van der Waals surface area contributed by atoms with Crippen LogP contribution >= 0.6 is 0 Å². The van der Waals surface area contributed by atoms with Crippen LogP contribution in [0.5, 0.6) is 5.75 Å². The third-order valence-corrected chi connectivity index (χ3v) is 9.62. The molecule has 0 heterocycles. The van der Waals surface area contributed by atoms with E-state index in [0.717, 1.165) is 6.92 Å². The molecule has 0 radical (unpaired) electrons. The molecule has 0 fully saturated rings. The summed E-state index contributed by atoms with van der Waals surface area (Å²) < 4.78 is 4.98. The first-order valence-corrected chi connectivity index (χ1v) is 13.4. The summed E-state index contributed by atoms with van der Waals surface area (Å²) in [7, 11) is 0. The normalized spacial score (nSPS) is 32.9. The second kappa shape index (κ2) is 9.66. The van der Waals surface area contributed by atoms with Crippen LogP contribution in [0.4, 0.5) is 0 Å². The lowest BCUT2D eigenvalue weighted by molar-refractivity contribution is -0.211. The van der Waals surface area contributed by atoms with Crippen LogP contribution < -0.4 is 0 Å². The molecule has 3 aliphatic rings. The van der Waals surface area contributed by atoms with Crippen molar-refractivity contribution in [3.63, 3.8) is 0 Å². The lowest BCUT2D eigenvalue weighted by Crippen LogP contribution is -2.73.